The molecule has 0 atom stereocenters. The van der Waals surface area contributed by atoms with Crippen LogP contribution in [0.2, 0.25) is 0 Å². The van der Waals surface area contributed by atoms with Crippen LogP contribution in [0.4, 0.5) is 5.69 Å². The average molecular weight is 428 g/mol. The zero-order valence-corrected chi connectivity index (χ0v) is 15.7. The first kappa shape index (κ1) is 18.5. The number of carbonyl (C=O) groups is 1. The minimum atomic E-state index is -0.483. The average Bonchev–Trinajstić information content (AvgIpc) is 3.17. The molecule has 0 radical (unpaired) electrons. The van der Waals surface area contributed by atoms with Crippen molar-refractivity contribution in [1.82, 2.24) is 15.6 Å². The topological polar surface area (TPSA) is 113 Å². The Morgan fingerprint density at radius 2 is 1.96 bits per heavy atom. The summed E-state index contributed by atoms with van der Waals surface area (Å²) in [5, 5.41) is 21.6. The third-order valence-corrected chi connectivity index (χ3v) is 4.29. The second-order valence-corrected chi connectivity index (χ2v) is 6.54. The number of benzene rings is 2. The summed E-state index contributed by atoms with van der Waals surface area (Å²) in [6.45, 7) is 1.78. The number of halogens is 1. The SMILES string of the molecule is C/C(=N\NC(=O)c1cc(-c2cccc([N+](=O)[O-])c2)n[nH]1)c1ccc(Br)cc1. The van der Waals surface area contributed by atoms with Gasteiger partial charge in [-0.25, -0.2) is 5.43 Å². The van der Waals surface area contributed by atoms with E-state index in [1.807, 2.05) is 24.3 Å². The van der Waals surface area contributed by atoms with Gasteiger partial charge in [0.1, 0.15) is 5.69 Å². The molecule has 0 unspecified atom stereocenters. The van der Waals surface area contributed by atoms with Crippen molar-refractivity contribution in [2.24, 2.45) is 5.10 Å². The van der Waals surface area contributed by atoms with Crippen LogP contribution < -0.4 is 5.43 Å². The van der Waals surface area contributed by atoms with Crippen LogP contribution in [0.25, 0.3) is 11.3 Å². The molecule has 0 aliphatic heterocycles. The number of rotatable bonds is 5. The maximum atomic E-state index is 12.2. The number of nitro benzene ring substituents is 1. The Balaban J connectivity index is 1.73. The molecular weight excluding hydrogens is 414 g/mol. The first-order chi connectivity index (χ1) is 12.9. The lowest BCUT2D eigenvalue weighted by Gasteiger charge is -2.02. The van der Waals surface area contributed by atoms with Crippen LogP contribution in [-0.2, 0) is 0 Å². The molecule has 136 valence electrons. The molecule has 2 N–H and O–H groups in total. The predicted octanol–water partition coefficient (Wildman–Crippen LogP) is 3.90. The van der Waals surface area contributed by atoms with Crippen molar-refractivity contribution in [2.45, 2.75) is 6.92 Å². The molecule has 0 fully saturated rings. The van der Waals surface area contributed by atoms with Gasteiger partial charge >= 0.3 is 0 Å². The number of carbonyl (C=O) groups excluding carboxylic acids is 1. The zero-order valence-electron chi connectivity index (χ0n) is 14.1. The smallest absolute Gasteiger partial charge is 0.272 e. The van der Waals surface area contributed by atoms with Crippen LogP contribution in [0.3, 0.4) is 0 Å². The molecule has 27 heavy (non-hydrogen) atoms. The van der Waals surface area contributed by atoms with Gasteiger partial charge in [-0.15, -0.1) is 0 Å². The molecule has 0 saturated carbocycles. The Morgan fingerprint density at radius 3 is 2.67 bits per heavy atom. The summed E-state index contributed by atoms with van der Waals surface area (Å²) in [5.74, 6) is -0.462. The van der Waals surface area contributed by atoms with E-state index in [-0.39, 0.29) is 11.4 Å². The van der Waals surface area contributed by atoms with Crippen molar-refractivity contribution in [3.8, 4) is 11.3 Å². The minimum absolute atomic E-state index is 0.0452. The molecule has 1 aromatic heterocycles. The number of nitrogens with one attached hydrogen (secondary N) is 2. The maximum Gasteiger partial charge on any atom is 0.289 e. The number of non-ortho nitro benzene ring substituents is 1. The highest BCUT2D eigenvalue weighted by Gasteiger charge is 2.13. The number of hydrogen-bond acceptors (Lipinski definition) is 5. The van der Waals surface area contributed by atoms with E-state index in [9.17, 15) is 14.9 Å². The number of hydrazone groups is 1. The molecule has 9 heteroatoms. The summed E-state index contributed by atoms with van der Waals surface area (Å²) in [6, 6.07) is 15.1. The number of hydrogen-bond donors (Lipinski definition) is 2. The largest absolute Gasteiger partial charge is 0.289 e. The summed E-state index contributed by atoms with van der Waals surface area (Å²) in [6.07, 6.45) is 0. The molecule has 0 bridgehead atoms. The maximum absolute atomic E-state index is 12.2. The molecule has 3 aromatic rings. The van der Waals surface area contributed by atoms with Gasteiger partial charge in [0.05, 0.1) is 16.3 Å². The van der Waals surface area contributed by atoms with Crippen molar-refractivity contribution in [3.63, 3.8) is 0 Å². The summed E-state index contributed by atoms with van der Waals surface area (Å²) in [5.41, 5.74) is 5.10. The van der Waals surface area contributed by atoms with Gasteiger partial charge in [-0.05, 0) is 30.7 Å². The van der Waals surface area contributed by atoms with E-state index >= 15 is 0 Å². The van der Waals surface area contributed by atoms with E-state index in [1.54, 1.807) is 19.1 Å². The molecule has 1 amide bonds. The molecule has 3 rings (SSSR count). The number of nitro groups is 1. The van der Waals surface area contributed by atoms with E-state index in [0.29, 0.717) is 17.0 Å². The highest BCUT2D eigenvalue weighted by molar-refractivity contribution is 9.10. The van der Waals surface area contributed by atoms with Gasteiger partial charge in [0.15, 0.2) is 0 Å². The highest BCUT2D eigenvalue weighted by Crippen LogP contribution is 2.22. The Kier molecular flexibility index (Phi) is 5.41. The molecule has 0 aliphatic carbocycles. The fourth-order valence-electron chi connectivity index (χ4n) is 2.32. The van der Waals surface area contributed by atoms with Crippen LogP contribution in [0.5, 0.6) is 0 Å². The lowest BCUT2D eigenvalue weighted by atomic mass is 10.1. The first-order valence-corrected chi connectivity index (χ1v) is 8.64. The Labute approximate surface area is 162 Å². The molecule has 0 aliphatic rings. The fourth-order valence-corrected chi connectivity index (χ4v) is 2.58. The standard InChI is InChI=1S/C18H14BrN5O3/c1-11(12-5-7-14(19)8-6-12)20-23-18(25)17-10-16(21-22-17)13-3-2-4-15(9-13)24(26)27/h2-10H,1H3,(H,21,22)(H,23,25)/b20-11+. The number of nitrogens with zero attached hydrogens (tertiary/aromatic N) is 3. The van der Waals surface area contributed by atoms with Crippen LogP contribution in [0, 0.1) is 10.1 Å². The van der Waals surface area contributed by atoms with Crippen LogP contribution in [0.1, 0.15) is 23.0 Å². The monoisotopic (exact) mass is 427 g/mol. The fraction of sp³-hybridized carbons (Fsp3) is 0.0556. The van der Waals surface area contributed by atoms with Crippen LogP contribution in [0.15, 0.2) is 64.2 Å². The summed E-state index contributed by atoms with van der Waals surface area (Å²) in [7, 11) is 0. The lowest BCUT2D eigenvalue weighted by molar-refractivity contribution is -0.384. The Bertz CT molecular complexity index is 1030. The molecule has 0 saturated heterocycles. The van der Waals surface area contributed by atoms with Crippen molar-refractivity contribution < 1.29 is 9.72 Å². The van der Waals surface area contributed by atoms with Crippen LogP contribution in [-0.4, -0.2) is 26.7 Å². The third-order valence-electron chi connectivity index (χ3n) is 3.76. The van der Waals surface area contributed by atoms with E-state index in [2.05, 4.69) is 36.7 Å². The van der Waals surface area contributed by atoms with E-state index in [1.165, 1.54) is 18.2 Å². The van der Waals surface area contributed by atoms with Gasteiger partial charge in [-0.2, -0.15) is 10.2 Å². The van der Waals surface area contributed by atoms with Crippen molar-refractivity contribution in [2.75, 3.05) is 0 Å². The van der Waals surface area contributed by atoms with Crippen molar-refractivity contribution in [1.29, 1.82) is 0 Å². The Hall–Kier alpha value is -3.33. The minimum Gasteiger partial charge on any atom is -0.272 e. The van der Waals surface area contributed by atoms with Crippen molar-refractivity contribution >= 4 is 33.2 Å². The van der Waals surface area contributed by atoms with Crippen molar-refractivity contribution in [3.05, 3.63) is 80.4 Å². The van der Waals surface area contributed by atoms with Gasteiger partial charge < -0.3 is 0 Å². The lowest BCUT2D eigenvalue weighted by Crippen LogP contribution is -2.19. The number of H-pyrrole nitrogens is 1. The molecule has 1 heterocycles. The molecular formula is C18H14BrN5O3. The van der Waals surface area contributed by atoms with Gasteiger partial charge in [-0.1, -0.05) is 40.2 Å². The Morgan fingerprint density at radius 1 is 1.22 bits per heavy atom. The zero-order chi connectivity index (χ0) is 19.4. The van der Waals surface area contributed by atoms with Gasteiger partial charge in [0, 0.05) is 22.2 Å². The van der Waals surface area contributed by atoms with Gasteiger partial charge in [-0.3, -0.25) is 20.0 Å². The second kappa shape index (κ2) is 7.92. The van der Waals surface area contributed by atoms with Crippen LogP contribution >= 0.6 is 15.9 Å². The van der Waals surface area contributed by atoms with E-state index in [4.69, 9.17) is 0 Å². The summed E-state index contributed by atoms with van der Waals surface area (Å²) in [4.78, 5) is 22.6. The molecule has 0 spiro atoms. The van der Waals surface area contributed by atoms with E-state index in [0.717, 1.165) is 10.0 Å². The molecule has 2 aromatic carbocycles. The predicted molar refractivity (Wildman–Crippen MR) is 104 cm³/mol. The quantitative estimate of drug-likeness (QED) is 0.365. The summed E-state index contributed by atoms with van der Waals surface area (Å²) < 4.78 is 0.953. The second-order valence-electron chi connectivity index (χ2n) is 5.62. The van der Waals surface area contributed by atoms with Gasteiger partial charge in [0.2, 0.25) is 0 Å². The summed E-state index contributed by atoms with van der Waals surface area (Å²) >= 11 is 3.36. The molecule has 8 nitrogen and oxygen atoms in total. The number of aromatic nitrogens is 2. The highest BCUT2D eigenvalue weighted by atomic mass is 79.9. The first-order valence-electron chi connectivity index (χ1n) is 7.85. The number of amides is 1. The van der Waals surface area contributed by atoms with Gasteiger partial charge in [0.25, 0.3) is 11.6 Å². The van der Waals surface area contributed by atoms with E-state index < -0.39 is 10.8 Å². The number of aromatic amines is 1. The third kappa shape index (κ3) is 4.45. The normalized spacial score (nSPS) is 11.3.